The summed E-state index contributed by atoms with van der Waals surface area (Å²) in [5, 5.41) is 0. The summed E-state index contributed by atoms with van der Waals surface area (Å²) in [6, 6.07) is 0. The van der Waals surface area contributed by atoms with Crippen molar-refractivity contribution in [3.05, 3.63) is 0 Å². The molecule has 5 rings (SSSR count). The van der Waals surface area contributed by atoms with Gasteiger partial charge in [0.1, 0.15) is 0 Å². The Morgan fingerprint density at radius 2 is 1.48 bits per heavy atom. The van der Waals surface area contributed by atoms with E-state index in [2.05, 4.69) is 6.92 Å². The summed E-state index contributed by atoms with van der Waals surface area (Å²) in [4.78, 5) is 0. The topological polar surface area (TPSA) is 46.2 Å². The Hall–Kier alpha value is -0.200. The van der Waals surface area contributed by atoms with Gasteiger partial charge in [0, 0.05) is 32.5 Å². The van der Waals surface area contributed by atoms with Gasteiger partial charge in [-0.15, -0.1) is 0 Å². The van der Waals surface area contributed by atoms with Crippen LogP contribution in [0.4, 0.5) is 0 Å². The van der Waals surface area contributed by atoms with E-state index in [1.807, 2.05) is 0 Å². The smallest absolute Gasteiger partial charge is 0.0946 e. The maximum Gasteiger partial charge on any atom is 0.0946 e. The number of hydrogen-bond acceptors (Lipinski definition) is 5. The Labute approximate surface area is 137 Å². The lowest BCUT2D eigenvalue weighted by Crippen LogP contribution is -2.66. The SMILES string of the molecule is C[C@]12C[C@H]3O[C@H]4CCCO[C@@H]4C[C@@H]3O[C@@H]1C[C@@H]1OCCC[C@H]1O2. The monoisotopic (exact) mass is 324 g/mol. The molecule has 0 saturated carbocycles. The second-order valence-electron chi connectivity index (χ2n) is 8.12. The van der Waals surface area contributed by atoms with Gasteiger partial charge in [-0.1, -0.05) is 0 Å². The van der Waals surface area contributed by atoms with Gasteiger partial charge in [-0.25, -0.2) is 0 Å². The van der Waals surface area contributed by atoms with Crippen LogP contribution in [0.2, 0.25) is 0 Å². The van der Waals surface area contributed by atoms with Crippen LogP contribution >= 0.6 is 0 Å². The van der Waals surface area contributed by atoms with E-state index in [4.69, 9.17) is 23.7 Å². The molecule has 130 valence electrons. The molecule has 5 saturated heterocycles. The molecule has 23 heavy (non-hydrogen) atoms. The first kappa shape index (κ1) is 15.1. The minimum Gasteiger partial charge on any atom is -0.375 e. The summed E-state index contributed by atoms with van der Waals surface area (Å²) < 4.78 is 31.2. The zero-order chi connectivity index (χ0) is 15.4. The molecule has 0 aromatic carbocycles. The molecular formula is C18H28O5. The van der Waals surface area contributed by atoms with E-state index in [-0.39, 0.29) is 48.3 Å². The van der Waals surface area contributed by atoms with Crippen LogP contribution in [0.15, 0.2) is 0 Å². The van der Waals surface area contributed by atoms with Gasteiger partial charge in [0.2, 0.25) is 0 Å². The van der Waals surface area contributed by atoms with E-state index in [0.29, 0.717) is 0 Å². The molecule has 0 radical (unpaired) electrons. The van der Waals surface area contributed by atoms with E-state index >= 15 is 0 Å². The van der Waals surface area contributed by atoms with Crippen LogP contribution in [0, 0.1) is 0 Å². The number of hydrogen-bond donors (Lipinski definition) is 0. The quantitative estimate of drug-likeness (QED) is 0.684. The molecular weight excluding hydrogens is 296 g/mol. The lowest BCUT2D eigenvalue weighted by atomic mass is 9.77. The van der Waals surface area contributed by atoms with Gasteiger partial charge in [-0.3, -0.25) is 0 Å². The Kier molecular flexibility index (Phi) is 3.72. The molecule has 0 aromatic heterocycles. The highest BCUT2D eigenvalue weighted by molar-refractivity contribution is 5.04. The summed E-state index contributed by atoms with van der Waals surface area (Å²) in [5.41, 5.74) is -0.231. The normalized spacial score (nSPS) is 56.0. The summed E-state index contributed by atoms with van der Waals surface area (Å²) in [6.45, 7) is 3.94. The first-order valence-electron chi connectivity index (χ1n) is 9.43. The Balaban J connectivity index is 1.33. The van der Waals surface area contributed by atoms with Crippen molar-refractivity contribution in [2.24, 2.45) is 0 Å². The van der Waals surface area contributed by atoms with E-state index < -0.39 is 0 Å². The predicted molar refractivity (Wildman–Crippen MR) is 82.4 cm³/mol. The molecule has 0 aromatic rings. The molecule has 5 aliphatic heterocycles. The van der Waals surface area contributed by atoms with Gasteiger partial charge >= 0.3 is 0 Å². The van der Waals surface area contributed by atoms with Gasteiger partial charge < -0.3 is 23.7 Å². The zero-order valence-corrected chi connectivity index (χ0v) is 13.9. The fraction of sp³-hybridized carbons (Fsp3) is 1.00. The third kappa shape index (κ3) is 2.56. The summed E-state index contributed by atoms with van der Waals surface area (Å²) in [6.07, 6.45) is 8.65. The molecule has 0 bridgehead atoms. The minimum absolute atomic E-state index is 0.117. The molecule has 0 N–H and O–H groups in total. The fourth-order valence-electron chi connectivity index (χ4n) is 5.24. The van der Waals surface area contributed by atoms with Crippen molar-refractivity contribution in [3.63, 3.8) is 0 Å². The molecule has 0 amide bonds. The zero-order valence-electron chi connectivity index (χ0n) is 13.9. The van der Waals surface area contributed by atoms with Gasteiger partial charge in [0.25, 0.3) is 0 Å². The maximum absolute atomic E-state index is 6.51. The average molecular weight is 324 g/mol. The van der Waals surface area contributed by atoms with Gasteiger partial charge in [0.05, 0.1) is 48.3 Å². The lowest BCUT2D eigenvalue weighted by Gasteiger charge is -2.57. The summed E-state index contributed by atoms with van der Waals surface area (Å²) in [7, 11) is 0. The molecule has 5 aliphatic rings. The van der Waals surface area contributed by atoms with Crippen molar-refractivity contribution in [2.75, 3.05) is 13.2 Å². The maximum atomic E-state index is 6.51. The van der Waals surface area contributed by atoms with Gasteiger partial charge in [0.15, 0.2) is 0 Å². The molecule has 0 unspecified atom stereocenters. The Morgan fingerprint density at radius 3 is 2.30 bits per heavy atom. The van der Waals surface area contributed by atoms with Crippen LogP contribution in [0.25, 0.3) is 0 Å². The number of fused-ring (bicyclic) bond motifs is 4. The summed E-state index contributed by atoms with van der Waals surface area (Å²) in [5.74, 6) is 0. The van der Waals surface area contributed by atoms with Crippen molar-refractivity contribution in [1.82, 2.24) is 0 Å². The van der Waals surface area contributed by atoms with Crippen molar-refractivity contribution in [2.45, 2.75) is 100 Å². The number of ether oxygens (including phenoxy) is 5. The number of rotatable bonds is 0. The van der Waals surface area contributed by atoms with Crippen LogP contribution in [-0.2, 0) is 23.7 Å². The predicted octanol–water partition coefficient (Wildman–Crippen LogP) is 2.21. The van der Waals surface area contributed by atoms with Crippen molar-refractivity contribution in [1.29, 1.82) is 0 Å². The average Bonchev–Trinajstić information content (AvgIpc) is 2.55. The van der Waals surface area contributed by atoms with Crippen LogP contribution in [0.5, 0.6) is 0 Å². The van der Waals surface area contributed by atoms with Crippen LogP contribution in [0.1, 0.15) is 51.9 Å². The molecule has 5 nitrogen and oxygen atoms in total. The van der Waals surface area contributed by atoms with E-state index in [1.165, 1.54) is 0 Å². The van der Waals surface area contributed by atoms with Gasteiger partial charge in [-0.05, 0) is 32.6 Å². The minimum atomic E-state index is -0.231. The molecule has 0 aliphatic carbocycles. The first-order valence-corrected chi connectivity index (χ1v) is 9.43. The highest BCUT2D eigenvalue weighted by atomic mass is 16.6. The van der Waals surface area contributed by atoms with Crippen molar-refractivity contribution < 1.29 is 23.7 Å². The first-order chi connectivity index (χ1) is 11.2. The standard InChI is InChI=1S/C18H28O5/c1-18-10-16-15(8-13-11(21-16)4-2-6-19-13)22-17(18)9-14-12(23-18)5-3-7-20-14/h11-17H,2-10H2,1H3/t11-,12+,13+,14-,15-,16+,17+,18-/m0/s1. The third-order valence-electron chi connectivity index (χ3n) is 6.48. The molecule has 8 atom stereocenters. The second-order valence-corrected chi connectivity index (χ2v) is 8.12. The Morgan fingerprint density at radius 1 is 0.739 bits per heavy atom. The van der Waals surface area contributed by atoms with Gasteiger partial charge in [-0.2, -0.15) is 0 Å². The largest absolute Gasteiger partial charge is 0.375 e. The fourth-order valence-corrected chi connectivity index (χ4v) is 5.24. The lowest BCUT2D eigenvalue weighted by molar-refractivity contribution is -0.325. The molecule has 0 spiro atoms. The van der Waals surface area contributed by atoms with Crippen LogP contribution in [0.3, 0.4) is 0 Å². The Bertz CT molecular complexity index is 457. The third-order valence-corrected chi connectivity index (χ3v) is 6.48. The van der Waals surface area contributed by atoms with E-state index in [1.54, 1.807) is 0 Å². The van der Waals surface area contributed by atoms with Crippen molar-refractivity contribution in [3.8, 4) is 0 Å². The van der Waals surface area contributed by atoms with Crippen LogP contribution in [-0.4, -0.2) is 61.5 Å². The van der Waals surface area contributed by atoms with Crippen LogP contribution < -0.4 is 0 Å². The molecule has 5 heterocycles. The highest BCUT2D eigenvalue weighted by Crippen LogP contribution is 2.46. The molecule has 5 heteroatoms. The highest BCUT2D eigenvalue weighted by Gasteiger charge is 2.56. The molecule has 5 fully saturated rings. The van der Waals surface area contributed by atoms with Crippen molar-refractivity contribution >= 4 is 0 Å². The van der Waals surface area contributed by atoms with E-state index in [0.717, 1.165) is 58.2 Å². The summed E-state index contributed by atoms with van der Waals surface area (Å²) >= 11 is 0. The van der Waals surface area contributed by atoms with E-state index in [9.17, 15) is 0 Å². The second kappa shape index (κ2) is 5.67.